The lowest BCUT2D eigenvalue weighted by molar-refractivity contribution is -0.213. The molecule has 0 saturated carbocycles. The molecule has 1 fully saturated rings. The highest BCUT2D eigenvalue weighted by Crippen LogP contribution is 2.18. The first-order valence-corrected chi connectivity index (χ1v) is 10.5. The molecular weight excluding hydrogens is 439 g/mol. The highest BCUT2D eigenvalue weighted by atomic mass is 19.4. The van der Waals surface area contributed by atoms with E-state index in [0.29, 0.717) is 36.4 Å². The van der Waals surface area contributed by atoms with E-state index in [4.69, 9.17) is 9.84 Å². The Morgan fingerprint density at radius 2 is 1.91 bits per heavy atom. The van der Waals surface area contributed by atoms with Crippen LogP contribution in [0.15, 0.2) is 48.5 Å². The normalized spacial score (nSPS) is 17.5. The van der Waals surface area contributed by atoms with Gasteiger partial charge >= 0.3 is 6.18 Å². The molecule has 3 N–H and O–H groups in total. The van der Waals surface area contributed by atoms with E-state index in [-0.39, 0.29) is 30.9 Å². The van der Waals surface area contributed by atoms with Crippen LogP contribution in [0.1, 0.15) is 31.8 Å². The molecule has 10 heteroatoms. The number of aryl methyl sites for hydroxylation is 1. The third-order valence-corrected chi connectivity index (χ3v) is 5.28. The maximum Gasteiger partial charge on any atom is 0.427 e. The van der Waals surface area contributed by atoms with Crippen LogP contribution in [0.4, 0.5) is 13.2 Å². The van der Waals surface area contributed by atoms with Crippen molar-refractivity contribution >= 4 is 11.8 Å². The van der Waals surface area contributed by atoms with Crippen LogP contribution >= 0.6 is 0 Å². The van der Waals surface area contributed by atoms with Crippen LogP contribution in [0.2, 0.25) is 0 Å². The molecule has 0 radical (unpaired) electrons. The van der Waals surface area contributed by atoms with Gasteiger partial charge in [0, 0.05) is 30.8 Å². The van der Waals surface area contributed by atoms with Gasteiger partial charge in [0.15, 0.2) is 0 Å². The molecule has 178 valence electrons. The van der Waals surface area contributed by atoms with Crippen LogP contribution in [-0.2, 0) is 11.3 Å². The number of halogens is 3. The third kappa shape index (κ3) is 6.77. The fraction of sp³-hybridized carbons (Fsp3) is 0.391. The quantitative estimate of drug-likeness (QED) is 0.546. The summed E-state index contributed by atoms with van der Waals surface area (Å²) in [7, 11) is 0. The average Bonchev–Trinajstić information content (AvgIpc) is 2.80. The first-order chi connectivity index (χ1) is 15.6. The summed E-state index contributed by atoms with van der Waals surface area (Å²) < 4.78 is 42.6. The Balaban J connectivity index is 1.56. The molecule has 1 heterocycles. The first-order valence-electron chi connectivity index (χ1n) is 10.5. The molecule has 33 heavy (non-hydrogen) atoms. The molecule has 2 amide bonds. The van der Waals surface area contributed by atoms with E-state index >= 15 is 0 Å². The lowest BCUT2D eigenvalue weighted by atomic mass is 10.1. The third-order valence-electron chi connectivity index (χ3n) is 5.28. The largest absolute Gasteiger partial charge is 0.427 e. The van der Waals surface area contributed by atoms with Gasteiger partial charge in [-0.1, -0.05) is 29.8 Å². The maximum atomic E-state index is 12.9. The number of hydrogen-bond donors (Lipinski definition) is 3. The Hall–Kier alpha value is -2.95. The minimum absolute atomic E-state index is 0.126. The topological polar surface area (TPSA) is 90.9 Å². The molecule has 2 aromatic carbocycles. The molecule has 3 rings (SSSR count). The summed E-state index contributed by atoms with van der Waals surface area (Å²) in [5, 5.41) is 13.7. The molecule has 0 bridgehead atoms. The number of carbonyl (C=O) groups is 2. The Morgan fingerprint density at radius 3 is 2.58 bits per heavy atom. The van der Waals surface area contributed by atoms with Crippen LogP contribution in [-0.4, -0.2) is 66.6 Å². The standard InChI is InChI=1S/C23H26F3N3O4/c1-15-3-2-4-18(11-15)21(31)29-9-10-33-14-19(29)13-27-20(30)17-7-5-16(6-8-17)12-28-22(32)23(24,25)26/h2-8,11,19,22,28,32H,9-10,12-14H2,1H3,(H,27,30). The Bertz CT molecular complexity index is 966. The van der Waals surface area contributed by atoms with Gasteiger partial charge in [-0.25, -0.2) is 0 Å². The Labute approximate surface area is 189 Å². The molecule has 1 saturated heterocycles. The monoisotopic (exact) mass is 465 g/mol. The summed E-state index contributed by atoms with van der Waals surface area (Å²) >= 11 is 0. The second-order valence-corrected chi connectivity index (χ2v) is 7.83. The predicted octanol–water partition coefficient (Wildman–Crippen LogP) is 2.24. The van der Waals surface area contributed by atoms with E-state index in [1.165, 1.54) is 24.3 Å². The summed E-state index contributed by atoms with van der Waals surface area (Å²) in [6.45, 7) is 3.02. The van der Waals surface area contributed by atoms with E-state index in [9.17, 15) is 22.8 Å². The van der Waals surface area contributed by atoms with E-state index in [1.807, 2.05) is 30.4 Å². The number of nitrogens with zero attached hydrogens (tertiary/aromatic N) is 1. The van der Waals surface area contributed by atoms with Crippen molar-refractivity contribution in [2.45, 2.75) is 31.9 Å². The van der Waals surface area contributed by atoms with Crippen LogP contribution in [0.25, 0.3) is 0 Å². The number of morpholine rings is 1. The van der Waals surface area contributed by atoms with Crippen molar-refractivity contribution < 1.29 is 32.6 Å². The predicted molar refractivity (Wildman–Crippen MR) is 114 cm³/mol. The van der Waals surface area contributed by atoms with Crippen LogP contribution < -0.4 is 10.6 Å². The summed E-state index contributed by atoms with van der Waals surface area (Å²) in [6.07, 6.45) is -7.37. The fourth-order valence-electron chi connectivity index (χ4n) is 3.45. The number of aliphatic hydroxyl groups is 1. The SMILES string of the molecule is Cc1cccc(C(=O)N2CCOCC2CNC(=O)c2ccc(CNC(O)C(F)(F)F)cc2)c1. The van der Waals surface area contributed by atoms with Crippen molar-refractivity contribution in [2.24, 2.45) is 0 Å². The summed E-state index contributed by atoms with van der Waals surface area (Å²) in [5.74, 6) is -0.502. The number of rotatable bonds is 7. The lowest BCUT2D eigenvalue weighted by Gasteiger charge is -2.35. The number of ether oxygens (including phenoxy) is 1. The van der Waals surface area contributed by atoms with Crippen molar-refractivity contribution in [3.8, 4) is 0 Å². The molecule has 2 aromatic rings. The van der Waals surface area contributed by atoms with Crippen LogP contribution in [0, 0.1) is 6.92 Å². The molecule has 1 aliphatic heterocycles. The summed E-state index contributed by atoms with van der Waals surface area (Å²) in [6, 6.07) is 12.9. The summed E-state index contributed by atoms with van der Waals surface area (Å²) in [5.41, 5.74) is 2.35. The molecule has 0 aromatic heterocycles. The van der Waals surface area contributed by atoms with Crippen LogP contribution in [0.3, 0.4) is 0 Å². The second-order valence-electron chi connectivity index (χ2n) is 7.83. The van der Waals surface area contributed by atoms with Crippen molar-refractivity contribution in [1.82, 2.24) is 15.5 Å². The molecule has 7 nitrogen and oxygen atoms in total. The van der Waals surface area contributed by atoms with Gasteiger partial charge in [0.2, 0.25) is 6.23 Å². The molecular formula is C23H26F3N3O4. The zero-order chi connectivity index (χ0) is 24.0. The zero-order valence-corrected chi connectivity index (χ0v) is 18.1. The van der Waals surface area contributed by atoms with E-state index in [2.05, 4.69) is 5.32 Å². The Kier molecular flexibility index (Phi) is 8.06. The van der Waals surface area contributed by atoms with Crippen molar-refractivity contribution in [1.29, 1.82) is 0 Å². The van der Waals surface area contributed by atoms with Crippen molar-refractivity contribution in [3.63, 3.8) is 0 Å². The Morgan fingerprint density at radius 1 is 1.18 bits per heavy atom. The fourth-order valence-corrected chi connectivity index (χ4v) is 3.45. The van der Waals surface area contributed by atoms with Gasteiger partial charge in [-0.05, 0) is 36.8 Å². The van der Waals surface area contributed by atoms with E-state index in [1.54, 1.807) is 11.0 Å². The minimum Gasteiger partial charge on any atom is -0.377 e. The zero-order valence-electron chi connectivity index (χ0n) is 18.1. The minimum atomic E-state index is -4.75. The number of alkyl halides is 3. The van der Waals surface area contributed by atoms with Crippen molar-refractivity contribution in [3.05, 3.63) is 70.8 Å². The van der Waals surface area contributed by atoms with Crippen LogP contribution in [0.5, 0.6) is 0 Å². The number of benzene rings is 2. The van der Waals surface area contributed by atoms with Gasteiger partial charge in [0.1, 0.15) is 0 Å². The van der Waals surface area contributed by atoms with Gasteiger partial charge in [0.25, 0.3) is 11.8 Å². The van der Waals surface area contributed by atoms with Gasteiger partial charge in [-0.15, -0.1) is 0 Å². The van der Waals surface area contributed by atoms with Crippen molar-refractivity contribution in [2.75, 3.05) is 26.3 Å². The highest BCUT2D eigenvalue weighted by molar-refractivity contribution is 5.95. The second kappa shape index (κ2) is 10.8. The molecule has 0 spiro atoms. The average molecular weight is 465 g/mol. The van der Waals surface area contributed by atoms with E-state index < -0.39 is 12.4 Å². The summed E-state index contributed by atoms with van der Waals surface area (Å²) in [4.78, 5) is 27.2. The highest BCUT2D eigenvalue weighted by Gasteiger charge is 2.37. The van der Waals surface area contributed by atoms with E-state index in [0.717, 1.165) is 5.56 Å². The molecule has 2 unspecified atom stereocenters. The van der Waals surface area contributed by atoms with Gasteiger partial charge in [-0.3, -0.25) is 14.9 Å². The number of carbonyl (C=O) groups excluding carboxylic acids is 2. The number of aliphatic hydroxyl groups excluding tert-OH is 1. The number of amides is 2. The van der Waals surface area contributed by atoms with Gasteiger partial charge in [-0.2, -0.15) is 13.2 Å². The molecule has 1 aliphatic rings. The number of nitrogens with one attached hydrogen (secondary N) is 2. The molecule has 0 aliphatic carbocycles. The smallest absolute Gasteiger partial charge is 0.377 e. The van der Waals surface area contributed by atoms with Gasteiger partial charge in [0.05, 0.1) is 19.3 Å². The molecule has 2 atom stereocenters. The number of hydrogen-bond acceptors (Lipinski definition) is 5. The first kappa shape index (κ1) is 24.7. The lowest BCUT2D eigenvalue weighted by Crippen LogP contribution is -2.53. The van der Waals surface area contributed by atoms with Gasteiger partial charge < -0.3 is 20.1 Å². The maximum absolute atomic E-state index is 12.9.